The second kappa shape index (κ2) is 5.29. The van der Waals surface area contributed by atoms with E-state index in [1.54, 1.807) is 13.0 Å². The van der Waals surface area contributed by atoms with Gasteiger partial charge in [0.25, 0.3) is 0 Å². The molecule has 1 rings (SSSR count). The summed E-state index contributed by atoms with van der Waals surface area (Å²) in [5.41, 5.74) is 7.64. The van der Waals surface area contributed by atoms with Gasteiger partial charge in [0.1, 0.15) is 0 Å². The molecule has 0 saturated heterocycles. The molecule has 0 aliphatic carbocycles. The van der Waals surface area contributed by atoms with Crippen LogP contribution >= 0.6 is 0 Å². The highest BCUT2D eigenvalue weighted by Gasteiger charge is 2.18. The average Bonchev–Trinajstić information content (AvgIpc) is 2.28. The molecule has 1 atom stereocenters. The fourth-order valence-electron chi connectivity index (χ4n) is 1.70. The summed E-state index contributed by atoms with van der Waals surface area (Å²) in [4.78, 5) is 11.4. The van der Waals surface area contributed by atoms with Gasteiger partial charge < -0.3 is 15.6 Å². The van der Waals surface area contributed by atoms with Gasteiger partial charge in [0.05, 0.1) is 19.3 Å². The van der Waals surface area contributed by atoms with Crippen molar-refractivity contribution in [2.24, 2.45) is 5.73 Å². The average molecular weight is 237 g/mol. The maximum Gasteiger partial charge on any atom is 0.338 e. The van der Waals surface area contributed by atoms with Crippen molar-refractivity contribution in [3.8, 4) is 0 Å². The lowest BCUT2D eigenvalue weighted by molar-refractivity contribution is 0.0600. The van der Waals surface area contributed by atoms with Crippen LogP contribution in [0.4, 0.5) is 0 Å². The summed E-state index contributed by atoms with van der Waals surface area (Å²) in [6.07, 6.45) is 0.561. The van der Waals surface area contributed by atoms with Crippen molar-refractivity contribution in [3.63, 3.8) is 0 Å². The van der Waals surface area contributed by atoms with Crippen LogP contribution in [-0.2, 0) is 11.2 Å². The lowest BCUT2D eigenvalue weighted by Crippen LogP contribution is -2.42. The molecular formula is C13H19NO3. The summed E-state index contributed by atoms with van der Waals surface area (Å²) >= 11 is 0. The van der Waals surface area contributed by atoms with Crippen molar-refractivity contribution in [1.29, 1.82) is 0 Å². The number of ether oxygens (including phenoxy) is 1. The van der Waals surface area contributed by atoms with Gasteiger partial charge in [-0.05, 0) is 37.5 Å². The number of aliphatic hydroxyl groups excluding tert-OH is 1. The minimum Gasteiger partial charge on any atom is -0.465 e. The molecule has 4 heteroatoms. The third-order valence-corrected chi connectivity index (χ3v) is 2.67. The summed E-state index contributed by atoms with van der Waals surface area (Å²) < 4.78 is 4.68. The topological polar surface area (TPSA) is 72.5 Å². The SMILES string of the molecule is COC(=O)c1ccc(CC(C)(N)CO)cc1C. The lowest BCUT2D eigenvalue weighted by Gasteiger charge is -2.22. The highest BCUT2D eigenvalue weighted by atomic mass is 16.5. The molecule has 1 aromatic carbocycles. The van der Waals surface area contributed by atoms with Crippen LogP contribution in [0, 0.1) is 6.92 Å². The quantitative estimate of drug-likeness (QED) is 0.767. The van der Waals surface area contributed by atoms with E-state index < -0.39 is 5.54 Å². The molecular weight excluding hydrogens is 218 g/mol. The van der Waals surface area contributed by atoms with Gasteiger partial charge in [0.15, 0.2) is 0 Å². The zero-order chi connectivity index (χ0) is 13.1. The Morgan fingerprint density at radius 1 is 1.53 bits per heavy atom. The van der Waals surface area contributed by atoms with E-state index >= 15 is 0 Å². The number of rotatable bonds is 4. The number of hydrogen-bond donors (Lipinski definition) is 2. The van der Waals surface area contributed by atoms with Crippen LogP contribution in [0.2, 0.25) is 0 Å². The Hall–Kier alpha value is -1.39. The largest absolute Gasteiger partial charge is 0.465 e. The first kappa shape index (κ1) is 13.7. The minimum absolute atomic E-state index is 0.0786. The monoisotopic (exact) mass is 237 g/mol. The first-order valence-electron chi connectivity index (χ1n) is 5.47. The van der Waals surface area contributed by atoms with Crippen molar-refractivity contribution in [1.82, 2.24) is 0 Å². The molecule has 3 N–H and O–H groups in total. The Bertz CT molecular complexity index is 413. The smallest absolute Gasteiger partial charge is 0.338 e. The van der Waals surface area contributed by atoms with Crippen molar-refractivity contribution < 1.29 is 14.6 Å². The van der Waals surface area contributed by atoms with Crippen LogP contribution in [0.5, 0.6) is 0 Å². The lowest BCUT2D eigenvalue weighted by atomic mass is 9.93. The van der Waals surface area contributed by atoms with E-state index in [9.17, 15) is 4.79 Å². The fourth-order valence-corrected chi connectivity index (χ4v) is 1.70. The van der Waals surface area contributed by atoms with E-state index in [4.69, 9.17) is 10.8 Å². The van der Waals surface area contributed by atoms with Gasteiger partial charge in [0.2, 0.25) is 0 Å². The predicted molar refractivity (Wildman–Crippen MR) is 65.9 cm³/mol. The number of carbonyl (C=O) groups is 1. The maximum atomic E-state index is 11.4. The highest BCUT2D eigenvalue weighted by Crippen LogP contribution is 2.16. The molecule has 17 heavy (non-hydrogen) atoms. The van der Waals surface area contributed by atoms with Crippen molar-refractivity contribution in [2.45, 2.75) is 25.8 Å². The molecule has 0 heterocycles. The van der Waals surface area contributed by atoms with E-state index in [-0.39, 0.29) is 12.6 Å². The predicted octanol–water partition coefficient (Wildman–Crippen LogP) is 1.03. The number of aryl methyl sites for hydroxylation is 1. The van der Waals surface area contributed by atoms with E-state index in [2.05, 4.69) is 4.74 Å². The summed E-state index contributed by atoms with van der Waals surface area (Å²) in [6.45, 7) is 3.56. The molecule has 0 spiro atoms. The van der Waals surface area contributed by atoms with Crippen LogP contribution in [-0.4, -0.2) is 30.3 Å². The molecule has 0 bridgehead atoms. The first-order valence-corrected chi connectivity index (χ1v) is 5.47. The van der Waals surface area contributed by atoms with Gasteiger partial charge >= 0.3 is 5.97 Å². The Morgan fingerprint density at radius 2 is 2.18 bits per heavy atom. The van der Waals surface area contributed by atoms with Crippen molar-refractivity contribution >= 4 is 5.97 Å². The van der Waals surface area contributed by atoms with Crippen LogP contribution in [0.15, 0.2) is 18.2 Å². The summed E-state index contributed by atoms with van der Waals surface area (Å²) in [5, 5.41) is 9.11. The van der Waals surface area contributed by atoms with Gasteiger partial charge in [-0.1, -0.05) is 12.1 Å². The Kier molecular flexibility index (Phi) is 4.26. The number of esters is 1. The molecule has 1 aromatic rings. The molecule has 0 aromatic heterocycles. The van der Waals surface area contributed by atoms with Gasteiger partial charge in [-0.2, -0.15) is 0 Å². The van der Waals surface area contributed by atoms with E-state index in [0.29, 0.717) is 12.0 Å². The first-order chi connectivity index (χ1) is 7.89. The molecule has 0 aliphatic heterocycles. The Balaban J connectivity index is 2.93. The molecule has 4 nitrogen and oxygen atoms in total. The highest BCUT2D eigenvalue weighted by molar-refractivity contribution is 5.90. The molecule has 0 aliphatic rings. The van der Waals surface area contributed by atoms with Gasteiger partial charge in [-0.15, -0.1) is 0 Å². The number of aliphatic hydroxyl groups is 1. The van der Waals surface area contributed by atoms with Crippen molar-refractivity contribution in [2.75, 3.05) is 13.7 Å². The standard InChI is InChI=1S/C13H19NO3/c1-9-6-10(7-13(2,14)8-15)4-5-11(9)12(16)17-3/h4-6,15H,7-8,14H2,1-3H3. The molecule has 0 radical (unpaired) electrons. The van der Waals surface area contributed by atoms with Crippen LogP contribution in [0.25, 0.3) is 0 Å². The van der Waals surface area contributed by atoms with E-state index in [1.807, 2.05) is 19.1 Å². The molecule has 0 saturated carbocycles. The number of methoxy groups -OCH3 is 1. The zero-order valence-corrected chi connectivity index (χ0v) is 10.5. The number of hydrogen-bond acceptors (Lipinski definition) is 4. The normalized spacial score (nSPS) is 14.2. The Morgan fingerprint density at radius 3 is 2.65 bits per heavy atom. The van der Waals surface area contributed by atoms with E-state index in [1.165, 1.54) is 7.11 Å². The second-order valence-corrected chi connectivity index (χ2v) is 4.63. The Labute approximate surface area is 101 Å². The van der Waals surface area contributed by atoms with E-state index in [0.717, 1.165) is 11.1 Å². The van der Waals surface area contributed by atoms with Gasteiger partial charge in [-0.3, -0.25) is 0 Å². The number of carbonyl (C=O) groups excluding carboxylic acids is 1. The molecule has 94 valence electrons. The summed E-state index contributed by atoms with van der Waals surface area (Å²) in [6, 6.07) is 5.46. The second-order valence-electron chi connectivity index (χ2n) is 4.63. The van der Waals surface area contributed by atoms with Crippen molar-refractivity contribution in [3.05, 3.63) is 34.9 Å². The molecule has 0 fully saturated rings. The third kappa shape index (κ3) is 3.54. The number of benzene rings is 1. The number of nitrogens with two attached hydrogens (primary N) is 1. The third-order valence-electron chi connectivity index (χ3n) is 2.67. The fraction of sp³-hybridized carbons (Fsp3) is 0.462. The van der Waals surface area contributed by atoms with Crippen LogP contribution in [0.1, 0.15) is 28.4 Å². The molecule has 1 unspecified atom stereocenters. The zero-order valence-electron chi connectivity index (χ0n) is 10.5. The minimum atomic E-state index is -0.640. The van der Waals surface area contributed by atoms with Crippen LogP contribution < -0.4 is 5.73 Å². The summed E-state index contributed by atoms with van der Waals surface area (Å²) in [7, 11) is 1.36. The molecule has 0 amide bonds. The van der Waals surface area contributed by atoms with Crippen LogP contribution in [0.3, 0.4) is 0 Å². The summed E-state index contributed by atoms with van der Waals surface area (Å²) in [5.74, 6) is -0.341. The van der Waals surface area contributed by atoms with Gasteiger partial charge in [0, 0.05) is 5.54 Å². The maximum absolute atomic E-state index is 11.4. The van der Waals surface area contributed by atoms with Gasteiger partial charge in [-0.25, -0.2) is 4.79 Å².